The number of rotatable bonds is 12. The van der Waals surface area contributed by atoms with E-state index in [-0.39, 0.29) is 30.7 Å². The van der Waals surface area contributed by atoms with E-state index in [1.807, 2.05) is 25.1 Å². The molecule has 0 aliphatic carbocycles. The maximum atomic E-state index is 13.6. The van der Waals surface area contributed by atoms with E-state index in [0.717, 1.165) is 35.2 Å². The Balaban J connectivity index is 1.82. The second-order valence-electron chi connectivity index (χ2n) is 8.34. The predicted molar refractivity (Wildman–Crippen MR) is 132 cm³/mol. The molecule has 0 aliphatic rings. The van der Waals surface area contributed by atoms with E-state index in [9.17, 15) is 14.0 Å². The average Bonchev–Trinajstić information content (AvgIpc) is 3.22. The SMILES string of the molecule is CCCC(Nc1ccc(C(=O)NCCC(=O)O)cc1)c1cc(-c2ccc(F)cc2C)oc1COC. The van der Waals surface area contributed by atoms with Gasteiger partial charge in [-0.15, -0.1) is 0 Å². The molecule has 7 nitrogen and oxygen atoms in total. The maximum absolute atomic E-state index is 13.6. The van der Waals surface area contributed by atoms with E-state index in [1.54, 1.807) is 25.3 Å². The summed E-state index contributed by atoms with van der Waals surface area (Å²) in [5.74, 6) is -0.219. The number of amides is 1. The third kappa shape index (κ3) is 6.93. The Morgan fingerprint density at radius 1 is 1.14 bits per heavy atom. The van der Waals surface area contributed by atoms with Gasteiger partial charge in [-0.25, -0.2) is 4.39 Å². The van der Waals surface area contributed by atoms with E-state index >= 15 is 0 Å². The van der Waals surface area contributed by atoms with Gasteiger partial charge in [0.1, 0.15) is 23.9 Å². The molecule has 8 heteroatoms. The van der Waals surface area contributed by atoms with Crippen molar-refractivity contribution in [1.29, 1.82) is 0 Å². The lowest BCUT2D eigenvalue weighted by Gasteiger charge is -2.20. The lowest BCUT2D eigenvalue weighted by molar-refractivity contribution is -0.136. The van der Waals surface area contributed by atoms with Gasteiger partial charge in [0.05, 0.1) is 12.5 Å². The summed E-state index contributed by atoms with van der Waals surface area (Å²) >= 11 is 0. The zero-order valence-electron chi connectivity index (χ0n) is 20.2. The fourth-order valence-electron chi connectivity index (χ4n) is 3.92. The fraction of sp³-hybridized carbons (Fsp3) is 0.333. The Morgan fingerprint density at radius 3 is 2.51 bits per heavy atom. The molecule has 186 valence electrons. The number of halogens is 1. The first kappa shape index (κ1) is 26.0. The molecule has 1 atom stereocenters. The number of carbonyl (C=O) groups is 2. The molecule has 3 rings (SSSR count). The van der Waals surface area contributed by atoms with Crippen LogP contribution >= 0.6 is 0 Å². The number of aryl methyl sites for hydroxylation is 1. The van der Waals surface area contributed by atoms with Crippen LogP contribution in [-0.4, -0.2) is 30.6 Å². The van der Waals surface area contributed by atoms with E-state index in [2.05, 4.69) is 17.6 Å². The number of aliphatic carboxylic acids is 1. The van der Waals surface area contributed by atoms with Crippen molar-refractivity contribution in [2.45, 2.75) is 45.8 Å². The fourth-order valence-corrected chi connectivity index (χ4v) is 3.92. The summed E-state index contributed by atoms with van der Waals surface area (Å²) in [5, 5.41) is 14.8. The van der Waals surface area contributed by atoms with Crippen LogP contribution in [0.4, 0.5) is 10.1 Å². The predicted octanol–water partition coefficient (Wildman–Crippen LogP) is 5.70. The topological polar surface area (TPSA) is 101 Å². The molecule has 0 radical (unpaired) electrons. The lowest BCUT2D eigenvalue weighted by Crippen LogP contribution is -2.25. The molecule has 0 bridgehead atoms. The monoisotopic (exact) mass is 482 g/mol. The van der Waals surface area contributed by atoms with Crippen LogP contribution in [0.5, 0.6) is 0 Å². The highest BCUT2D eigenvalue weighted by molar-refractivity contribution is 5.94. The number of hydrogen-bond acceptors (Lipinski definition) is 5. The number of furan rings is 1. The Morgan fingerprint density at radius 2 is 1.89 bits per heavy atom. The largest absolute Gasteiger partial charge is 0.481 e. The van der Waals surface area contributed by atoms with Crippen LogP contribution in [0.1, 0.15) is 59.5 Å². The second-order valence-corrected chi connectivity index (χ2v) is 8.34. The van der Waals surface area contributed by atoms with Crippen LogP contribution in [0.3, 0.4) is 0 Å². The molecule has 35 heavy (non-hydrogen) atoms. The first-order valence-electron chi connectivity index (χ1n) is 11.6. The highest BCUT2D eigenvalue weighted by atomic mass is 19.1. The van der Waals surface area contributed by atoms with Crippen LogP contribution in [0, 0.1) is 12.7 Å². The molecule has 0 saturated heterocycles. The number of anilines is 1. The van der Waals surface area contributed by atoms with Gasteiger partial charge >= 0.3 is 5.97 Å². The van der Waals surface area contributed by atoms with Crippen molar-refractivity contribution in [1.82, 2.24) is 5.32 Å². The summed E-state index contributed by atoms with van der Waals surface area (Å²) in [4.78, 5) is 22.8. The Hall–Kier alpha value is -3.65. The van der Waals surface area contributed by atoms with Gasteiger partial charge in [-0.1, -0.05) is 13.3 Å². The molecule has 0 fully saturated rings. The first-order valence-corrected chi connectivity index (χ1v) is 11.6. The molecule has 1 heterocycles. The molecule has 0 aliphatic heterocycles. The first-order chi connectivity index (χ1) is 16.8. The molecule has 3 aromatic rings. The van der Waals surface area contributed by atoms with Crippen LogP contribution < -0.4 is 10.6 Å². The maximum Gasteiger partial charge on any atom is 0.305 e. The molecular weight excluding hydrogens is 451 g/mol. The van der Waals surface area contributed by atoms with Crippen molar-refractivity contribution >= 4 is 17.6 Å². The standard InChI is InChI=1S/C27H31FN2O5/c1-4-5-23(30-20-9-6-18(7-10-20)27(33)29-13-12-26(31)32)22-15-24(35-25(22)16-34-3)21-11-8-19(28)14-17(21)2/h6-11,14-15,23,30H,4-5,12-13,16H2,1-3H3,(H,29,33)(H,31,32). The van der Waals surface area contributed by atoms with E-state index in [0.29, 0.717) is 23.7 Å². The Labute approximate surface area is 204 Å². The summed E-state index contributed by atoms with van der Waals surface area (Å²) in [6.45, 7) is 4.32. The summed E-state index contributed by atoms with van der Waals surface area (Å²) in [7, 11) is 1.61. The number of nitrogens with one attached hydrogen (secondary N) is 2. The highest BCUT2D eigenvalue weighted by Crippen LogP contribution is 2.35. The van der Waals surface area contributed by atoms with Gasteiger partial charge < -0.3 is 24.9 Å². The van der Waals surface area contributed by atoms with E-state index in [4.69, 9.17) is 14.3 Å². The van der Waals surface area contributed by atoms with Crippen molar-refractivity contribution in [2.24, 2.45) is 0 Å². The van der Waals surface area contributed by atoms with Crippen molar-refractivity contribution in [2.75, 3.05) is 19.0 Å². The summed E-state index contributed by atoms with van der Waals surface area (Å²) in [5.41, 5.74) is 3.85. The van der Waals surface area contributed by atoms with Crippen LogP contribution in [0.15, 0.2) is 52.9 Å². The Kier molecular flexibility index (Phi) is 9.03. The number of ether oxygens (including phenoxy) is 1. The van der Waals surface area contributed by atoms with Gasteiger partial charge in [-0.3, -0.25) is 9.59 Å². The number of carboxylic acid groups (broad SMARTS) is 1. The number of methoxy groups -OCH3 is 1. The van der Waals surface area contributed by atoms with Crippen molar-refractivity contribution in [3.05, 3.63) is 76.8 Å². The molecular formula is C27H31FN2O5. The third-order valence-corrected chi connectivity index (χ3v) is 5.64. The van der Waals surface area contributed by atoms with Crippen molar-refractivity contribution < 1.29 is 28.2 Å². The minimum absolute atomic E-state index is 0.0707. The minimum atomic E-state index is -0.961. The summed E-state index contributed by atoms with van der Waals surface area (Å²) in [6, 6.07) is 13.5. The molecule has 0 saturated carbocycles. The Bertz CT molecular complexity index is 1160. The summed E-state index contributed by atoms with van der Waals surface area (Å²) < 4.78 is 25.1. The number of carboxylic acids is 1. The molecule has 0 spiro atoms. The van der Waals surface area contributed by atoms with Gasteiger partial charge in [0.2, 0.25) is 0 Å². The van der Waals surface area contributed by atoms with Crippen LogP contribution in [0.25, 0.3) is 11.3 Å². The van der Waals surface area contributed by atoms with Crippen LogP contribution in [-0.2, 0) is 16.1 Å². The van der Waals surface area contributed by atoms with Crippen molar-refractivity contribution in [3.8, 4) is 11.3 Å². The number of benzene rings is 2. The van der Waals surface area contributed by atoms with Crippen LogP contribution in [0.2, 0.25) is 0 Å². The molecule has 1 amide bonds. The van der Waals surface area contributed by atoms with Gasteiger partial charge in [-0.2, -0.15) is 0 Å². The van der Waals surface area contributed by atoms with Gasteiger partial charge in [-0.05, 0) is 67.4 Å². The lowest BCUT2D eigenvalue weighted by atomic mass is 10.00. The quantitative estimate of drug-likeness (QED) is 0.306. The smallest absolute Gasteiger partial charge is 0.305 e. The zero-order valence-corrected chi connectivity index (χ0v) is 20.2. The molecule has 1 unspecified atom stereocenters. The van der Waals surface area contributed by atoms with E-state index in [1.165, 1.54) is 12.1 Å². The summed E-state index contributed by atoms with van der Waals surface area (Å²) in [6.07, 6.45) is 1.62. The van der Waals surface area contributed by atoms with E-state index < -0.39 is 5.97 Å². The number of hydrogen-bond donors (Lipinski definition) is 3. The molecule has 3 N–H and O–H groups in total. The average molecular weight is 483 g/mol. The molecule has 2 aromatic carbocycles. The normalized spacial score (nSPS) is 11.8. The second kappa shape index (κ2) is 12.2. The number of carbonyl (C=O) groups excluding carboxylic acids is 1. The molecule has 1 aromatic heterocycles. The highest BCUT2D eigenvalue weighted by Gasteiger charge is 2.21. The van der Waals surface area contributed by atoms with Crippen molar-refractivity contribution in [3.63, 3.8) is 0 Å². The van der Waals surface area contributed by atoms with Gasteiger partial charge in [0.15, 0.2) is 0 Å². The van der Waals surface area contributed by atoms with Gasteiger partial charge in [0.25, 0.3) is 5.91 Å². The third-order valence-electron chi connectivity index (χ3n) is 5.64. The minimum Gasteiger partial charge on any atom is -0.481 e. The zero-order chi connectivity index (χ0) is 25.4. The van der Waals surface area contributed by atoms with Gasteiger partial charge in [0, 0.05) is 36.0 Å².